The lowest BCUT2D eigenvalue weighted by atomic mass is 10.1. The highest BCUT2D eigenvalue weighted by Crippen LogP contribution is 2.10. The van der Waals surface area contributed by atoms with E-state index >= 15 is 0 Å². The van der Waals surface area contributed by atoms with Gasteiger partial charge in [-0.1, -0.05) is 30.3 Å². The Hall–Kier alpha value is -1.94. The number of nitrogens with two attached hydrogens (primary N) is 1. The highest BCUT2D eigenvalue weighted by Gasteiger charge is 2.04. The van der Waals surface area contributed by atoms with Gasteiger partial charge in [0, 0.05) is 18.8 Å². The normalized spacial score (nSPS) is 12.1. The largest absolute Gasteiger partial charge is 0.368 e. The first-order valence-electron chi connectivity index (χ1n) is 5.16. The summed E-state index contributed by atoms with van der Waals surface area (Å²) in [5.74, 6) is 0.793. The van der Waals surface area contributed by atoms with Gasteiger partial charge in [0.2, 0.25) is 0 Å². The van der Waals surface area contributed by atoms with E-state index in [-0.39, 0.29) is 6.04 Å². The van der Waals surface area contributed by atoms with Crippen molar-refractivity contribution in [2.45, 2.75) is 6.04 Å². The summed E-state index contributed by atoms with van der Waals surface area (Å²) in [5.41, 5.74) is 7.15. The van der Waals surface area contributed by atoms with Crippen molar-refractivity contribution in [3.05, 3.63) is 54.5 Å². The van der Waals surface area contributed by atoms with Crippen molar-refractivity contribution in [1.29, 1.82) is 0 Å². The van der Waals surface area contributed by atoms with E-state index < -0.39 is 0 Å². The molecule has 2 rings (SSSR count). The van der Waals surface area contributed by atoms with Crippen molar-refractivity contribution in [3.63, 3.8) is 0 Å². The van der Waals surface area contributed by atoms with Crippen LogP contribution in [0.4, 0.5) is 5.82 Å². The van der Waals surface area contributed by atoms with E-state index in [4.69, 9.17) is 5.73 Å². The smallest absolute Gasteiger partial charge is 0.129 e. The van der Waals surface area contributed by atoms with Gasteiger partial charge in [-0.2, -0.15) is 0 Å². The molecule has 2 aromatic rings. The number of rotatable bonds is 4. The molecular formula is C12H14N4. The quantitative estimate of drug-likeness (QED) is 0.811. The molecule has 4 heteroatoms. The Kier molecular flexibility index (Phi) is 3.46. The molecular weight excluding hydrogens is 200 g/mol. The van der Waals surface area contributed by atoms with Crippen LogP contribution in [0.25, 0.3) is 0 Å². The van der Waals surface area contributed by atoms with Crippen molar-refractivity contribution in [2.24, 2.45) is 5.73 Å². The first kappa shape index (κ1) is 10.6. The third-order valence-corrected chi connectivity index (χ3v) is 2.31. The summed E-state index contributed by atoms with van der Waals surface area (Å²) in [6, 6.07) is 11.8. The SMILES string of the molecule is NC(CNc1ccncn1)c1ccccc1. The third kappa shape index (κ3) is 2.77. The van der Waals surface area contributed by atoms with Crippen LogP contribution in [-0.2, 0) is 0 Å². The van der Waals surface area contributed by atoms with Gasteiger partial charge in [-0.15, -0.1) is 0 Å². The van der Waals surface area contributed by atoms with Gasteiger partial charge < -0.3 is 11.1 Å². The Morgan fingerprint density at radius 3 is 2.69 bits per heavy atom. The molecule has 1 aromatic heterocycles. The monoisotopic (exact) mass is 214 g/mol. The van der Waals surface area contributed by atoms with Gasteiger partial charge in [-0.3, -0.25) is 0 Å². The number of hydrogen-bond acceptors (Lipinski definition) is 4. The topological polar surface area (TPSA) is 63.8 Å². The lowest BCUT2D eigenvalue weighted by Crippen LogP contribution is -2.20. The third-order valence-electron chi connectivity index (χ3n) is 2.31. The molecule has 0 saturated carbocycles. The molecule has 0 radical (unpaired) electrons. The Labute approximate surface area is 94.5 Å². The summed E-state index contributed by atoms with van der Waals surface area (Å²) >= 11 is 0. The fraction of sp³-hybridized carbons (Fsp3) is 0.167. The molecule has 4 nitrogen and oxygen atoms in total. The molecule has 16 heavy (non-hydrogen) atoms. The molecule has 0 saturated heterocycles. The fourth-order valence-electron chi connectivity index (χ4n) is 1.43. The first-order chi connectivity index (χ1) is 7.86. The summed E-state index contributed by atoms with van der Waals surface area (Å²) < 4.78 is 0. The van der Waals surface area contributed by atoms with Crippen molar-refractivity contribution < 1.29 is 0 Å². The van der Waals surface area contributed by atoms with E-state index in [1.54, 1.807) is 6.20 Å². The summed E-state index contributed by atoms with van der Waals surface area (Å²) in [4.78, 5) is 7.91. The van der Waals surface area contributed by atoms with Crippen LogP contribution in [0.15, 0.2) is 48.9 Å². The van der Waals surface area contributed by atoms with Crippen molar-refractivity contribution in [3.8, 4) is 0 Å². The van der Waals surface area contributed by atoms with E-state index in [0.29, 0.717) is 6.54 Å². The number of aromatic nitrogens is 2. The van der Waals surface area contributed by atoms with E-state index in [0.717, 1.165) is 11.4 Å². The molecule has 1 heterocycles. The lowest BCUT2D eigenvalue weighted by molar-refractivity contribution is 0.761. The van der Waals surface area contributed by atoms with Crippen molar-refractivity contribution in [2.75, 3.05) is 11.9 Å². The fourth-order valence-corrected chi connectivity index (χ4v) is 1.43. The lowest BCUT2D eigenvalue weighted by Gasteiger charge is -2.13. The number of anilines is 1. The van der Waals surface area contributed by atoms with E-state index in [1.165, 1.54) is 6.33 Å². The predicted octanol–water partition coefficient (Wildman–Crippen LogP) is 1.59. The Morgan fingerprint density at radius 1 is 1.19 bits per heavy atom. The average molecular weight is 214 g/mol. The van der Waals surface area contributed by atoms with Gasteiger partial charge in [-0.05, 0) is 11.6 Å². The zero-order valence-corrected chi connectivity index (χ0v) is 8.88. The predicted molar refractivity (Wildman–Crippen MR) is 63.9 cm³/mol. The molecule has 1 unspecified atom stereocenters. The summed E-state index contributed by atoms with van der Waals surface area (Å²) in [6.07, 6.45) is 3.21. The van der Waals surface area contributed by atoms with Crippen molar-refractivity contribution >= 4 is 5.82 Å². The van der Waals surface area contributed by atoms with Crippen LogP contribution in [0, 0.1) is 0 Å². The average Bonchev–Trinajstić information content (AvgIpc) is 2.38. The van der Waals surface area contributed by atoms with Crippen LogP contribution in [0.2, 0.25) is 0 Å². The molecule has 0 spiro atoms. The van der Waals surface area contributed by atoms with Gasteiger partial charge in [-0.25, -0.2) is 9.97 Å². The van der Waals surface area contributed by atoms with E-state index in [2.05, 4.69) is 15.3 Å². The van der Waals surface area contributed by atoms with Gasteiger partial charge in [0.1, 0.15) is 12.1 Å². The van der Waals surface area contributed by atoms with E-state index in [9.17, 15) is 0 Å². The minimum atomic E-state index is -0.0313. The van der Waals surface area contributed by atoms with Crippen molar-refractivity contribution in [1.82, 2.24) is 9.97 Å². The molecule has 82 valence electrons. The first-order valence-corrected chi connectivity index (χ1v) is 5.16. The van der Waals surface area contributed by atoms with Gasteiger partial charge in [0.15, 0.2) is 0 Å². The Morgan fingerprint density at radius 2 is 2.00 bits per heavy atom. The van der Waals surface area contributed by atoms with Crippen LogP contribution in [0.1, 0.15) is 11.6 Å². The standard InChI is InChI=1S/C12H14N4/c13-11(10-4-2-1-3-5-10)8-15-12-6-7-14-9-16-12/h1-7,9,11H,8,13H2,(H,14,15,16). The molecule has 0 aliphatic rings. The van der Waals surface area contributed by atoms with E-state index in [1.807, 2.05) is 36.4 Å². The maximum atomic E-state index is 6.04. The number of hydrogen-bond donors (Lipinski definition) is 2. The second-order valence-electron chi connectivity index (χ2n) is 3.49. The molecule has 0 aliphatic heterocycles. The van der Waals surface area contributed by atoms with Crippen LogP contribution in [0.3, 0.4) is 0 Å². The second-order valence-corrected chi connectivity index (χ2v) is 3.49. The Balaban J connectivity index is 1.92. The Bertz CT molecular complexity index is 416. The second kappa shape index (κ2) is 5.23. The number of benzene rings is 1. The van der Waals surface area contributed by atoms with Gasteiger partial charge in [0.25, 0.3) is 0 Å². The summed E-state index contributed by atoms with van der Waals surface area (Å²) in [6.45, 7) is 0.654. The van der Waals surface area contributed by atoms with Crippen LogP contribution in [0.5, 0.6) is 0 Å². The maximum Gasteiger partial charge on any atom is 0.129 e. The zero-order valence-electron chi connectivity index (χ0n) is 8.88. The molecule has 0 amide bonds. The molecule has 3 N–H and O–H groups in total. The minimum Gasteiger partial charge on any atom is -0.368 e. The maximum absolute atomic E-state index is 6.04. The molecule has 0 bridgehead atoms. The van der Waals surface area contributed by atoms with Gasteiger partial charge in [0.05, 0.1) is 0 Å². The van der Waals surface area contributed by atoms with Crippen LogP contribution < -0.4 is 11.1 Å². The number of nitrogens with zero attached hydrogens (tertiary/aromatic N) is 2. The van der Waals surface area contributed by atoms with Gasteiger partial charge >= 0.3 is 0 Å². The molecule has 0 aliphatic carbocycles. The highest BCUT2D eigenvalue weighted by molar-refractivity contribution is 5.32. The molecule has 1 atom stereocenters. The molecule has 1 aromatic carbocycles. The number of nitrogens with one attached hydrogen (secondary N) is 1. The van der Waals surface area contributed by atoms with Crippen LogP contribution >= 0.6 is 0 Å². The summed E-state index contributed by atoms with van der Waals surface area (Å²) in [5, 5.41) is 3.17. The molecule has 0 fully saturated rings. The van der Waals surface area contributed by atoms with Crippen LogP contribution in [-0.4, -0.2) is 16.5 Å². The minimum absolute atomic E-state index is 0.0313. The highest BCUT2D eigenvalue weighted by atomic mass is 15.0. The summed E-state index contributed by atoms with van der Waals surface area (Å²) in [7, 11) is 0. The zero-order chi connectivity index (χ0) is 11.2.